The highest BCUT2D eigenvalue weighted by atomic mass is 14.7. The fourth-order valence-electron chi connectivity index (χ4n) is 0.373. The van der Waals surface area contributed by atoms with Crippen molar-refractivity contribution in [2.24, 2.45) is 15.7 Å². The summed E-state index contributed by atoms with van der Waals surface area (Å²) in [4.78, 5) is 7.71. The van der Waals surface area contributed by atoms with E-state index in [0.29, 0.717) is 5.70 Å². The molecular weight excluding hydrogens is 138 g/mol. The Morgan fingerprint density at radius 1 is 1.27 bits per heavy atom. The molecule has 0 saturated carbocycles. The maximum absolute atomic E-state index is 5.32. The number of aliphatic imine (C=N–C) groups is 2. The number of rotatable bonds is 3. The molecular formula is C8H13N3. The summed E-state index contributed by atoms with van der Waals surface area (Å²) in [6, 6.07) is 0. The normalized spacial score (nSPS) is 14.2. The zero-order chi connectivity index (χ0) is 8.53. The maximum atomic E-state index is 5.32. The molecule has 0 bridgehead atoms. The summed E-state index contributed by atoms with van der Waals surface area (Å²) in [5.74, 6) is 0. The summed E-state index contributed by atoms with van der Waals surface area (Å²) < 4.78 is 0. The van der Waals surface area contributed by atoms with Crippen molar-refractivity contribution in [3.63, 3.8) is 0 Å². The molecule has 0 saturated heterocycles. The van der Waals surface area contributed by atoms with Gasteiger partial charge >= 0.3 is 0 Å². The molecule has 0 atom stereocenters. The van der Waals surface area contributed by atoms with E-state index in [9.17, 15) is 0 Å². The van der Waals surface area contributed by atoms with E-state index in [2.05, 4.69) is 9.98 Å². The number of nitrogens with two attached hydrogens (primary N) is 1. The lowest BCUT2D eigenvalue weighted by molar-refractivity contribution is 1.28. The number of hydrogen-bond donors (Lipinski definition) is 1. The van der Waals surface area contributed by atoms with Crippen molar-refractivity contribution in [2.75, 3.05) is 0 Å². The van der Waals surface area contributed by atoms with Gasteiger partial charge in [-0.15, -0.1) is 0 Å². The lowest BCUT2D eigenvalue weighted by Crippen LogP contribution is -1.88. The average Bonchev–Trinajstić information content (AvgIpc) is 1.96. The summed E-state index contributed by atoms with van der Waals surface area (Å²) in [6.07, 6.45) is 8.27. The van der Waals surface area contributed by atoms with Gasteiger partial charge in [-0.05, 0) is 13.8 Å². The summed E-state index contributed by atoms with van der Waals surface area (Å²) in [7, 11) is 0. The first kappa shape index (κ1) is 9.62. The van der Waals surface area contributed by atoms with Gasteiger partial charge in [0.2, 0.25) is 0 Å². The molecule has 0 spiro atoms. The Kier molecular flexibility index (Phi) is 5.89. The highest BCUT2D eigenvalue weighted by molar-refractivity contribution is 6.16. The largest absolute Gasteiger partial charge is 0.401 e. The SMILES string of the molecule is C/C=C\N=CC=NC=C(C)N. The molecule has 0 aromatic carbocycles. The van der Waals surface area contributed by atoms with Crippen LogP contribution in [-0.2, 0) is 0 Å². The van der Waals surface area contributed by atoms with Crippen molar-refractivity contribution in [1.82, 2.24) is 0 Å². The van der Waals surface area contributed by atoms with Crippen LogP contribution >= 0.6 is 0 Å². The highest BCUT2D eigenvalue weighted by Gasteiger charge is 1.68. The van der Waals surface area contributed by atoms with Gasteiger partial charge in [-0.25, -0.2) is 0 Å². The van der Waals surface area contributed by atoms with Crippen LogP contribution in [-0.4, -0.2) is 12.4 Å². The van der Waals surface area contributed by atoms with E-state index in [0.717, 1.165) is 0 Å². The summed E-state index contributed by atoms with van der Waals surface area (Å²) in [5, 5.41) is 0. The lowest BCUT2D eigenvalue weighted by Gasteiger charge is -1.80. The second-order valence-corrected chi connectivity index (χ2v) is 1.95. The molecule has 0 fully saturated rings. The molecule has 3 nitrogen and oxygen atoms in total. The van der Waals surface area contributed by atoms with Crippen molar-refractivity contribution in [2.45, 2.75) is 13.8 Å². The van der Waals surface area contributed by atoms with E-state index < -0.39 is 0 Å². The third-order valence-corrected chi connectivity index (χ3v) is 0.752. The smallest absolute Gasteiger partial charge is 0.0453 e. The lowest BCUT2D eigenvalue weighted by atomic mass is 10.6. The molecule has 0 aliphatic rings. The van der Waals surface area contributed by atoms with Crippen molar-refractivity contribution in [3.05, 3.63) is 24.2 Å². The first-order chi connectivity index (χ1) is 5.27. The topological polar surface area (TPSA) is 50.7 Å². The van der Waals surface area contributed by atoms with Crippen LogP contribution in [0.2, 0.25) is 0 Å². The molecule has 0 aromatic rings. The standard InChI is InChI=1S/C8H13N3/c1-3-4-10-5-6-11-7-8(2)9/h3-7H,9H2,1-2H3/b4-3-,8-7?,10-5?,11-6?. The van der Waals surface area contributed by atoms with Crippen LogP contribution in [0.4, 0.5) is 0 Å². The van der Waals surface area contributed by atoms with E-state index in [-0.39, 0.29) is 0 Å². The summed E-state index contributed by atoms with van der Waals surface area (Å²) in [5.41, 5.74) is 6.00. The maximum Gasteiger partial charge on any atom is 0.0453 e. The molecule has 3 heteroatoms. The van der Waals surface area contributed by atoms with Gasteiger partial charge in [-0.3, -0.25) is 9.98 Å². The number of nitrogens with zero attached hydrogens (tertiary/aromatic N) is 2. The fourth-order valence-corrected chi connectivity index (χ4v) is 0.373. The number of hydrogen-bond acceptors (Lipinski definition) is 3. The Labute approximate surface area is 67.0 Å². The first-order valence-corrected chi connectivity index (χ1v) is 3.35. The predicted molar refractivity (Wildman–Crippen MR) is 49.7 cm³/mol. The molecule has 0 aliphatic carbocycles. The third kappa shape index (κ3) is 8.62. The molecule has 0 amide bonds. The Balaban J connectivity index is 3.69. The van der Waals surface area contributed by atoms with Crippen LogP contribution in [0.3, 0.4) is 0 Å². The van der Waals surface area contributed by atoms with Crippen molar-refractivity contribution in [1.29, 1.82) is 0 Å². The quantitative estimate of drug-likeness (QED) is 0.610. The van der Waals surface area contributed by atoms with Crippen molar-refractivity contribution >= 4 is 12.4 Å². The van der Waals surface area contributed by atoms with E-state index in [4.69, 9.17) is 5.73 Å². The first-order valence-electron chi connectivity index (χ1n) is 3.35. The van der Waals surface area contributed by atoms with E-state index in [1.165, 1.54) is 0 Å². The second-order valence-electron chi connectivity index (χ2n) is 1.95. The average molecular weight is 151 g/mol. The Morgan fingerprint density at radius 2 is 1.91 bits per heavy atom. The molecule has 60 valence electrons. The van der Waals surface area contributed by atoms with Gasteiger partial charge in [0.25, 0.3) is 0 Å². The fraction of sp³-hybridized carbons (Fsp3) is 0.250. The predicted octanol–water partition coefficient (Wildman–Crippen LogP) is 1.48. The Hall–Kier alpha value is -1.38. The minimum absolute atomic E-state index is 0.681. The highest BCUT2D eigenvalue weighted by Crippen LogP contribution is 1.78. The molecule has 0 unspecified atom stereocenters. The van der Waals surface area contributed by atoms with Gasteiger partial charge in [0.1, 0.15) is 0 Å². The van der Waals surface area contributed by atoms with Crippen molar-refractivity contribution < 1.29 is 0 Å². The molecule has 0 aromatic heterocycles. The van der Waals surface area contributed by atoms with Crippen LogP contribution in [0, 0.1) is 0 Å². The molecule has 0 heterocycles. The zero-order valence-electron chi connectivity index (χ0n) is 6.86. The van der Waals surface area contributed by atoms with Gasteiger partial charge in [0.15, 0.2) is 0 Å². The molecule has 0 rings (SSSR count). The minimum atomic E-state index is 0.681. The minimum Gasteiger partial charge on any atom is -0.401 e. The molecule has 2 N–H and O–H groups in total. The van der Waals surface area contributed by atoms with Gasteiger partial charge in [0.05, 0.1) is 0 Å². The summed E-state index contributed by atoms with van der Waals surface area (Å²) in [6.45, 7) is 3.68. The molecule has 0 aliphatic heterocycles. The van der Waals surface area contributed by atoms with E-state index in [1.807, 2.05) is 13.0 Å². The van der Waals surface area contributed by atoms with Gasteiger partial charge in [-0.2, -0.15) is 0 Å². The van der Waals surface area contributed by atoms with Crippen molar-refractivity contribution in [3.8, 4) is 0 Å². The van der Waals surface area contributed by atoms with Crippen LogP contribution < -0.4 is 5.73 Å². The van der Waals surface area contributed by atoms with Crippen LogP contribution in [0.1, 0.15) is 13.8 Å². The van der Waals surface area contributed by atoms with Crippen LogP contribution in [0.15, 0.2) is 34.2 Å². The second kappa shape index (κ2) is 6.74. The Bertz CT molecular complexity index is 195. The monoisotopic (exact) mass is 151 g/mol. The number of allylic oxidation sites excluding steroid dienone is 2. The van der Waals surface area contributed by atoms with Crippen LogP contribution in [0.5, 0.6) is 0 Å². The van der Waals surface area contributed by atoms with Gasteiger partial charge in [0, 0.05) is 30.5 Å². The zero-order valence-corrected chi connectivity index (χ0v) is 6.86. The molecule has 0 radical (unpaired) electrons. The van der Waals surface area contributed by atoms with Gasteiger partial charge in [-0.1, -0.05) is 6.08 Å². The molecule has 11 heavy (non-hydrogen) atoms. The van der Waals surface area contributed by atoms with Gasteiger partial charge < -0.3 is 5.73 Å². The van der Waals surface area contributed by atoms with Crippen LogP contribution in [0.25, 0.3) is 0 Å². The summed E-state index contributed by atoms with van der Waals surface area (Å²) >= 11 is 0. The third-order valence-electron chi connectivity index (χ3n) is 0.752. The van der Waals surface area contributed by atoms with E-state index in [1.54, 1.807) is 31.8 Å². The van der Waals surface area contributed by atoms with E-state index >= 15 is 0 Å². The Morgan fingerprint density at radius 3 is 2.45 bits per heavy atom.